The van der Waals surface area contributed by atoms with Crippen molar-refractivity contribution in [2.75, 3.05) is 0 Å². The van der Waals surface area contributed by atoms with Gasteiger partial charge in [0.15, 0.2) is 0 Å². The number of rotatable bonds is 3. The molecular formula is C16H21NO. The summed E-state index contributed by atoms with van der Waals surface area (Å²) in [4.78, 5) is 11.5. The Bertz CT molecular complexity index is 473. The number of carbonyl (C=O) groups excluding carboxylic acids is 1. The molecule has 0 aromatic heterocycles. The molecule has 1 aromatic rings. The highest BCUT2D eigenvalue weighted by Gasteiger charge is 2.30. The SMILES string of the molecule is CC(=O)C(C)(C#N)Cc1ccc(C(C)(C)C)cc1. The van der Waals surface area contributed by atoms with E-state index in [0.717, 1.165) is 5.56 Å². The van der Waals surface area contributed by atoms with Crippen molar-refractivity contribution in [2.24, 2.45) is 5.41 Å². The van der Waals surface area contributed by atoms with Crippen LogP contribution < -0.4 is 0 Å². The maximum Gasteiger partial charge on any atom is 0.150 e. The molecule has 0 bridgehead atoms. The van der Waals surface area contributed by atoms with E-state index in [2.05, 4.69) is 39.0 Å². The van der Waals surface area contributed by atoms with Crippen molar-refractivity contribution in [3.8, 4) is 6.07 Å². The Kier molecular flexibility index (Phi) is 3.96. The predicted octanol–water partition coefficient (Wildman–Crippen LogP) is 3.65. The largest absolute Gasteiger partial charge is 0.298 e. The van der Waals surface area contributed by atoms with Crippen molar-refractivity contribution in [3.63, 3.8) is 0 Å². The van der Waals surface area contributed by atoms with E-state index in [0.29, 0.717) is 6.42 Å². The van der Waals surface area contributed by atoms with Gasteiger partial charge in [-0.05, 0) is 36.8 Å². The second-order valence-corrected chi connectivity index (χ2v) is 6.12. The highest BCUT2D eigenvalue weighted by Crippen LogP contribution is 2.26. The van der Waals surface area contributed by atoms with Gasteiger partial charge in [0.25, 0.3) is 0 Å². The van der Waals surface area contributed by atoms with Gasteiger partial charge < -0.3 is 0 Å². The molecular weight excluding hydrogens is 222 g/mol. The van der Waals surface area contributed by atoms with E-state index in [4.69, 9.17) is 5.26 Å². The molecule has 0 aliphatic carbocycles. The lowest BCUT2D eigenvalue weighted by Gasteiger charge is -2.21. The third kappa shape index (κ3) is 3.20. The Hall–Kier alpha value is -1.62. The van der Waals surface area contributed by atoms with Crippen LogP contribution >= 0.6 is 0 Å². The van der Waals surface area contributed by atoms with Crippen LogP contribution in [-0.2, 0) is 16.6 Å². The summed E-state index contributed by atoms with van der Waals surface area (Å²) in [5, 5.41) is 9.13. The van der Waals surface area contributed by atoms with Gasteiger partial charge in [-0.2, -0.15) is 5.26 Å². The second-order valence-electron chi connectivity index (χ2n) is 6.12. The lowest BCUT2D eigenvalue weighted by Crippen LogP contribution is -2.26. The van der Waals surface area contributed by atoms with E-state index >= 15 is 0 Å². The summed E-state index contributed by atoms with van der Waals surface area (Å²) in [6.07, 6.45) is 0.475. The summed E-state index contributed by atoms with van der Waals surface area (Å²) in [5.41, 5.74) is 1.50. The molecule has 0 amide bonds. The highest BCUT2D eigenvalue weighted by atomic mass is 16.1. The molecule has 0 aliphatic heterocycles. The maximum atomic E-state index is 11.5. The molecule has 1 rings (SSSR count). The van der Waals surface area contributed by atoms with Crippen LogP contribution in [0.25, 0.3) is 0 Å². The first kappa shape index (κ1) is 14.4. The molecule has 1 aromatic carbocycles. The molecule has 0 spiro atoms. The Morgan fingerprint density at radius 1 is 1.17 bits per heavy atom. The molecule has 1 atom stereocenters. The van der Waals surface area contributed by atoms with Crippen molar-refractivity contribution in [3.05, 3.63) is 35.4 Å². The van der Waals surface area contributed by atoms with Gasteiger partial charge in [-0.15, -0.1) is 0 Å². The quantitative estimate of drug-likeness (QED) is 0.813. The Morgan fingerprint density at radius 2 is 1.67 bits per heavy atom. The standard InChI is InChI=1S/C16H21NO/c1-12(18)16(5,11-17)10-13-6-8-14(9-7-13)15(2,3)4/h6-9H,10H2,1-5H3. The average Bonchev–Trinajstić information content (AvgIpc) is 2.28. The van der Waals surface area contributed by atoms with E-state index in [1.165, 1.54) is 12.5 Å². The first-order valence-electron chi connectivity index (χ1n) is 6.21. The van der Waals surface area contributed by atoms with E-state index in [1.54, 1.807) is 6.92 Å². The molecule has 0 N–H and O–H groups in total. The Balaban J connectivity index is 2.95. The molecule has 1 unspecified atom stereocenters. The van der Waals surface area contributed by atoms with Crippen LogP contribution in [0.3, 0.4) is 0 Å². The molecule has 0 aliphatic rings. The van der Waals surface area contributed by atoms with Gasteiger partial charge in [-0.3, -0.25) is 4.79 Å². The van der Waals surface area contributed by atoms with Crippen molar-refractivity contribution >= 4 is 5.78 Å². The molecule has 0 saturated heterocycles. The average molecular weight is 243 g/mol. The van der Waals surface area contributed by atoms with Gasteiger partial charge >= 0.3 is 0 Å². The van der Waals surface area contributed by atoms with Crippen LogP contribution in [-0.4, -0.2) is 5.78 Å². The number of Topliss-reactive ketones (excluding diaryl/α,β-unsaturated/α-hetero) is 1. The number of carbonyl (C=O) groups is 1. The molecule has 0 radical (unpaired) electrons. The summed E-state index contributed by atoms with van der Waals surface area (Å²) < 4.78 is 0. The number of hydrogen-bond acceptors (Lipinski definition) is 2. The molecule has 2 nitrogen and oxygen atoms in total. The zero-order valence-electron chi connectivity index (χ0n) is 11.9. The first-order chi connectivity index (χ1) is 8.19. The van der Waals surface area contributed by atoms with Gasteiger partial charge in [0, 0.05) is 0 Å². The van der Waals surface area contributed by atoms with E-state index in [9.17, 15) is 4.79 Å². The summed E-state index contributed by atoms with van der Waals surface area (Å²) in [6, 6.07) is 10.3. The van der Waals surface area contributed by atoms with Crippen LogP contribution in [0.1, 0.15) is 45.7 Å². The van der Waals surface area contributed by atoms with Gasteiger partial charge in [0.1, 0.15) is 11.2 Å². The van der Waals surface area contributed by atoms with Crippen LogP contribution in [0.15, 0.2) is 24.3 Å². The summed E-state index contributed by atoms with van der Waals surface area (Å²) in [7, 11) is 0. The third-order valence-electron chi connectivity index (χ3n) is 3.40. The zero-order chi connectivity index (χ0) is 14.0. The minimum atomic E-state index is -0.913. The maximum absolute atomic E-state index is 11.5. The van der Waals surface area contributed by atoms with Gasteiger partial charge in [-0.1, -0.05) is 45.0 Å². The molecule has 0 fully saturated rings. The molecule has 2 heteroatoms. The number of ketones is 1. The van der Waals surface area contributed by atoms with Gasteiger partial charge in [-0.25, -0.2) is 0 Å². The summed E-state index contributed by atoms with van der Waals surface area (Å²) in [5.74, 6) is -0.0788. The fourth-order valence-electron chi connectivity index (χ4n) is 1.77. The fourth-order valence-corrected chi connectivity index (χ4v) is 1.77. The fraction of sp³-hybridized carbons (Fsp3) is 0.500. The predicted molar refractivity (Wildman–Crippen MR) is 73.2 cm³/mol. The molecule has 96 valence electrons. The van der Waals surface area contributed by atoms with Crippen molar-refractivity contribution in [1.29, 1.82) is 5.26 Å². The monoisotopic (exact) mass is 243 g/mol. The van der Waals surface area contributed by atoms with Gasteiger partial charge in [0.2, 0.25) is 0 Å². The van der Waals surface area contributed by atoms with E-state index < -0.39 is 5.41 Å². The van der Waals surface area contributed by atoms with Gasteiger partial charge in [0.05, 0.1) is 6.07 Å². The molecule has 18 heavy (non-hydrogen) atoms. The summed E-state index contributed by atoms with van der Waals surface area (Å²) >= 11 is 0. The molecule has 0 saturated carbocycles. The first-order valence-corrected chi connectivity index (χ1v) is 6.21. The lowest BCUT2D eigenvalue weighted by molar-refractivity contribution is -0.123. The minimum absolute atomic E-state index is 0.0788. The third-order valence-corrected chi connectivity index (χ3v) is 3.40. The smallest absolute Gasteiger partial charge is 0.150 e. The number of nitrogens with zero attached hydrogens (tertiary/aromatic N) is 1. The van der Waals surface area contributed by atoms with Crippen molar-refractivity contribution in [2.45, 2.75) is 46.5 Å². The van der Waals surface area contributed by atoms with Crippen molar-refractivity contribution in [1.82, 2.24) is 0 Å². The Morgan fingerprint density at radius 3 is 2.00 bits per heavy atom. The number of nitriles is 1. The van der Waals surface area contributed by atoms with E-state index in [1.807, 2.05) is 12.1 Å². The van der Waals surface area contributed by atoms with Crippen molar-refractivity contribution < 1.29 is 4.79 Å². The lowest BCUT2D eigenvalue weighted by atomic mass is 9.80. The number of hydrogen-bond donors (Lipinski definition) is 0. The van der Waals surface area contributed by atoms with Crippen LogP contribution in [0.2, 0.25) is 0 Å². The minimum Gasteiger partial charge on any atom is -0.298 e. The zero-order valence-corrected chi connectivity index (χ0v) is 11.9. The Labute approximate surface area is 110 Å². The summed E-state index contributed by atoms with van der Waals surface area (Å²) in [6.45, 7) is 9.67. The highest BCUT2D eigenvalue weighted by molar-refractivity contribution is 5.85. The van der Waals surface area contributed by atoms with Crippen LogP contribution in [0.5, 0.6) is 0 Å². The number of benzene rings is 1. The second kappa shape index (κ2) is 4.94. The topological polar surface area (TPSA) is 40.9 Å². The van der Waals surface area contributed by atoms with Crippen LogP contribution in [0, 0.1) is 16.7 Å². The van der Waals surface area contributed by atoms with Crippen LogP contribution in [0.4, 0.5) is 0 Å². The molecule has 0 heterocycles. The normalized spacial score (nSPS) is 14.7. The van der Waals surface area contributed by atoms with E-state index in [-0.39, 0.29) is 11.2 Å².